The second-order valence-electron chi connectivity index (χ2n) is 7.81. The quantitative estimate of drug-likeness (QED) is 0.868. The average Bonchev–Trinajstić information content (AvgIpc) is 2.38. The predicted octanol–water partition coefficient (Wildman–Crippen LogP) is 4.21. The summed E-state index contributed by atoms with van der Waals surface area (Å²) in [6.45, 7) is 3.10. The minimum absolute atomic E-state index is 0. The summed E-state index contributed by atoms with van der Waals surface area (Å²) in [5.41, 5.74) is 10.1. The maximum absolute atomic E-state index is 6.19. The molecule has 4 saturated carbocycles. The van der Waals surface area contributed by atoms with Gasteiger partial charge in [0.1, 0.15) is 0 Å². The minimum atomic E-state index is 0. The van der Waals surface area contributed by atoms with Gasteiger partial charge in [-0.15, -0.1) is 12.4 Å². The van der Waals surface area contributed by atoms with Crippen molar-refractivity contribution in [1.29, 1.82) is 0 Å². The average molecular weight is 292 g/mol. The van der Waals surface area contributed by atoms with Crippen molar-refractivity contribution in [3.63, 3.8) is 0 Å². The third-order valence-electron chi connectivity index (χ3n) is 6.28. The first-order valence-electron chi connectivity index (χ1n) is 7.90. The van der Waals surface area contributed by atoms with E-state index in [9.17, 15) is 0 Å². The van der Waals surface area contributed by atoms with Gasteiger partial charge in [-0.2, -0.15) is 0 Å². The van der Waals surface area contributed by atoms with Gasteiger partial charge in [-0.3, -0.25) is 0 Å². The van der Waals surface area contributed by atoms with Crippen LogP contribution in [0.15, 0.2) is 24.3 Å². The maximum Gasteiger partial charge on any atom is -0.00200 e. The third kappa shape index (κ3) is 2.02. The Morgan fingerprint density at radius 1 is 1.05 bits per heavy atom. The van der Waals surface area contributed by atoms with Gasteiger partial charge < -0.3 is 5.73 Å². The molecule has 4 fully saturated rings. The largest absolute Gasteiger partial charge is 0.330 e. The number of hydrogen-bond acceptors (Lipinski definition) is 1. The normalized spacial score (nSPS) is 41.5. The van der Waals surface area contributed by atoms with Gasteiger partial charge in [0, 0.05) is 0 Å². The zero-order valence-corrected chi connectivity index (χ0v) is 13.2. The van der Waals surface area contributed by atoms with Crippen molar-refractivity contribution >= 4 is 12.4 Å². The van der Waals surface area contributed by atoms with Crippen LogP contribution in [0.3, 0.4) is 0 Å². The highest BCUT2D eigenvalue weighted by Gasteiger charge is 2.57. The highest BCUT2D eigenvalue weighted by Crippen LogP contribution is 2.65. The van der Waals surface area contributed by atoms with Crippen molar-refractivity contribution in [2.45, 2.75) is 50.9 Å². The summed E-state index contributed by atoms with van der Waals surface area (Å²) in [5.74, 6) is 1.90. The van der Waals surface area contributed by atoms with Crippen LogP contribution < -0.4 is 5.73 Å². The Morgan fingerprint density at radius 2 is 1.65 bits per heavy atom. The maximum atomic E-state index is 6.19. The SMILES string of the molecule is Cc1ccc(C23CC4CC(CC(CN)(C4)C2)C3)cc1.Cl. The molecule has 1 nitrogen and oxygen atoms in total. The lowest BCUT2D eigenvalue weighted by Crippen LogP contribution is -2.56. The Labute approximate surface area is 128 Å². The molecule has 20 heavy (non-hydrogen) atoms. The molecule has 0 amide bonds. The highest BCUT2D eigenvalue weighted by atomic mass is 35.5. The summed E-state index contributed by atoms with van der Waals surface area (Å²) >= 11 is 0. The molecule has 0 spiro atoms. The molecule has 0 heterocycles. The van der Waals surface area contributed by atoms with E-state index in [1.54, 1.807) is 5.56 Å². The monoisotopic (exact) mass is 291 g/mol. The summed E-state index contributed by atoms with van der Waals surface area (Å²) in [4.78, 5) is 0. The molecule has 2 heteroatoms. The molecule has 0 aromatic heterocycles. The zero-order chi connectivity index (χ0) is 13.1. The van der Waals surface area contributed by atoms with E-state index in [0.29, 0.717) is 10.8 Å². The van der Waals surface area contributed by atoms with E-state index in [-0.39, 0.29) is 12.4 Å². The van der Waals surface area contributed by atoms with Crippen molar-refractivity contribution < 1.29 is 0 Å². The van der Waals surface area contributed by atoms with Crippen LogP contribution in [0.4, 0.5) is 0 Å². The summed E-state index contributed by atoms with van der Waals surface area (Å²) in [6, 6.07) is 9.38. The summed E-state index contributed by atoms with van der Waals surface area (Å²) in [5, 5.41) is 0. The minimum Gasteiger partial charge on any atom is -0.330 e. The Kier molecular flexibility index (Phi) is 3.42. The Hall–Kier alpha value is -0.530. The molecule has 4 aliphatic carbocycles. The molecule has 110 valence electrons. The fraction of sp³-hybridized carbons (Fsp3) is 0.667. The number of rotatable bonds is 2. The fourth-order valence-corrected chi connectivity index (χ4v) is 5.94. The molecular weight excluding hydrogens is 266 g/mol. The Balaban J connectivity index is 0.00000121. The van der Waals surface area contributed by atoms with E-state index >= 15 is 0 Å². The Bertz CT molecular complexity index is 479. The van der Waals surface area contributed by atoms with Crippen LogP contribution in [-0.4, -0.2) is 6.54 Å². The summed E-state index contributed by atoms with van der Waals surface area (Å²) < 4.78 is 0. The molecule has 4 aliphatic rings. The number of aryl methyl sites for hydroxylation is 1. The molecule has 0 saturated heterocycles. The van der Waals surface area contributed by atoms with Crippen molar-refractivity contribution in [2.24, 2.45) is 23.0 Å². The van der Waals surface area contributed by atoms with Gasteiger partial charge in [-0.25, -0.2) is 0 Å². The highest BCUT2D eigenvalue weighted by molar-refractivity contribution is 5.85. The molecule has 2 N–H and O–H groups in total. The first-order valence-corrected chi connectivity index (χ1v) is 7.90. The predicted molar refractivity (Wildman–Crippen MR) is 86.3 cm³/mol. The van der Waals surface area contributed by atoms with Crippen molar-refractivity contribution in [1.82, 2.24) is 0 Å². The van der Waals surface area contributed by atoms with Crippen molar-refractivity contribution in [3.8, 4) is 0 Å². The van der Waals surface area contributed by atoms with Crippen LogP contribution in [0.5, 0.6) is 0 Å². The van der Waals surface area contributed by atoms with Crippen molar-refractivity contribution in [2.75, 3.05) is 6.54 Å². The lowest BCUT2D eigenvalue weighted by Gasteiger charge is -2.62. The lowest BCUT2D eigenvalue weighted by atomic mass is 9.43. The molecule has 2 unspecified atom stereocenters. The summed E-state index contributed by atoms with van der Waals surface area (Å²) in [6.07, 6.45) is 8.51. The van der Waals surface area contributed by atoms with Crippen molar-refractivity contribution in [3.05, 3.63) is 35.4 Å². The molecular formula is C18H26ClN. The van der Waals surface area contributed by atoms with Gasteiger partial charge >= 0.3 is 0 Å². The van der Waals surface area contributed by atoms with E-state index in [1.165, 1.54) is 44.1 Å². The van der Waals surface area contributed by atoms with Crippen LogP contribution in [0.25, 0.3) is 0 Å². The van der Waals surface area contributed by atoms with Gasteiger partial charge in [0.15, 0.2) is 0 Å². The van der Waals surface area contributed by atoms with E-state index in [1.807, 2.05) is 0 Å². The molecule has 0 aliphatic heterocycles. The van der Waals surface area contributed by atoms with Gasteiger partial charge in [0.25, 0.3) is 0 Å². The van der Waals surface area contributed by atoms with E-state index in [0.717, 1.165) is 18.4 Å². The van der Waals surface area contributed by atoms with E-state index in [4.69, 9.17) is 5.73 Å². The fourth-order valence-electron chi connectivity index (χ4n) is 5.94. The summed E-state index contributed by atoms with van der Waals surface area (Å²) in [7, 11) is 0. The smallest absolute Gasteiger partial charge is 0.00200 e. The number of nitrogens with two attached hydrogens (primary N) is 1. The number of halogens is 1. The molecule has 1 aromatic carbocycles. The van der Waals surface area contributed by atoms with E-state index in [2.05, 4.69) is 31.2 Å². The van der Waals surface area contributed by atoms with Gasteiger partial charge in [0.05, 0.1) is 0 Å². The lowest BCUT2D eigenvalue weighted by molar-refractivity contribution is -0.0667. The van der Waals surface area contributed by atoms with Crippen LogP contribution >= 0.6 is 12.4 Å². The van der Waals surface area contributed by atoms with Crippen LogP contribution in [-0.2, 0) is 5.41 Å². The number of hydrogen-bond donors (Lipinski definition) is 1. The zero-order valence-electron chi connectivity index (χ0n) is 12.4. The second kappa shape index (κ2) is 4.74. The first-order chi connectivity index (χ1) is 9.13. The number of benzene rings is 1. The molecule has 1 aromatic rings. The van der Waals surface area contributed by atoms with Gasteiger partial charge in [-0.05, 0) is 80.2 Å². The second-order valence-corrected chi connectivity index (χ2v) is 7.81. The van der Waals surface area contributed by atoms with Crippen LogP contribution in [0.1, 0.15) is 49.7 Å². The Morgan fingerprint density at radius 3 is 2.20 bits per heavy atom. The first kappa shape index (κ1) is 14.4. The third-order valence-corrected chi connectivity index (χ3v) is 6.28. The standard InChI is InChI=1S/C18H25N.ClH/c1-13-2-4-16(5-3-13)18-9-14-6-15(10-18)8-17(7-14,11-18)12-19;/h2-5,14-15H,6-12,19H2,1H3;1H. The molecule has 2 atom stereocenters. The molecule has 4 bridgehead atoms. The van der Waals surface area contributed by atoms with E-state index < -0.39 is 0 Å². The van der Waals surface area contributed by atoms with Gasteiger partial charge in [-0.1, -0.05) is 29.8 Å². The molecule has 0 radical (unpaired) electrons. The van der Waals surface area contributed by atoms with Gasteiger partial charge in [0.2, 0.25) is 0 Å². The van der Waals surface area contributed by atoms with Crippen LogP contribution in [0.2, 0.25) is 0 Å². The molecule has 5 rings (SSSR count). The topological polar surface area (TPSA) is 26.0 Å². The van der Waals surface area contributed by atoms with Crippen LogP contribution in [0, 0.1) is 24.2 Å².